The number of rotatable bonds is 2. The SMILES string of the molecule is Cn1ccn(Cc2cc(=O)n3ccccc3n2)c(=O)c1=O. The normalized spacial score (nSPS) is 10.9. The van der Waals surface area contributed by atoms with E-state index in [1.807, 2.05) is 0 Å². The van der Waals surface area contributed by atoms with Gasteiger partial charge in [0.2, 0.25) is 0 Å². The summed E-state index contributed by atoms with van der Waals surface area (Å²) >= 11 is 0. The van der Waals surface area contributed by atoms with E-state index in [9.17, 15) is 14.4 Å². The first-order valence-electron chi connectivity index (χ1n) is 6.29. The minimum absolute atomic E-state index is 0.0789. The van der Waals surface area contributed by atoms with Crippen molar-refractivity contribution in [1.82, 2.24) is 18.5 Å². The summed E-state index contributed by atoms with van der Waals surface area (Å²) in [5.74, 6) is 0. The van der Waals surface area contributed by atoms with Gasteiger partial charge in [-0.05, 0) is 12.1 Å². The highest BCUT2D eigenvalue weighted by molar-refractivity contribution is 5.38. The van der Waals surface area contributed by atoms with Crippen LogP contribution in [0.2, 0.25) is 0 Å². The van der Waals surface area contributed by atoms with Crippen LogP contribution in [0.5, 0.6) is 0 Å². The first kappa shape index (κ1) is 13.0. The fraction of sp³-hybridized carbons (Fsp3) is 0.143. The van der Waals surface area contributed by atoms with E-state index in [4.69, 9.17) is 0 Å². The van der Waals surface area contributed by atoms with Crippen LogP contribution in [-0.2, 0) is 13.6 Å². The monoisotopic (exact) mass is 284 g/mol. The summed E-state index contributed by atoms with van der Waals surface area (Å²) < 4.78 is 3.86. The maximum Gasteiger partial charge on any atom is 0.316 e. The second kappa shape index (κ2) is 4.86. The Labute approximate surface area is 118 Å². The lowest BCUT2D eigenvalue weighted by Crippen LogP contribution is -2.39. The van der Waals surface area contributed by atoms with Gasteiger partial charge in [0, 0.05) is 31.7 Å². The Kier molecular flexibility index (Phi) is 3.02. The number of aryl methyl sites for hydroxylation is 1. The second-order valence-corrected chi connectivity index (χ2v) is 4.66. The fourth-order valence-corrected chi connectivity index (χ4v) is 2.07. The Morgan fingerprint density at radius 2 is 1.86 bits per heavy atom. The molecule has 0 radical (unpaired) electrons. The predicted molar refractivity (Wildman–Crippen MR) is 76.5 cm³/mol. The van der Waals surface area contributed by atoms with Gasteiger partial charge in [-0.25, -0.2) is 4.98 Å². The molecule has 0 unspecified atom stereocenters. The van der Waals surface area contributed by atoms with Gasteiger partial charge in [0.1, 0.15) is 5.65 Å². The second-order valence-electron chi connectivity index (χ2n) is 4.66. The van der Waals surface area contributed by atoms with Gasteiger partial charge >= 0.3 is 11.1 Å². The molecule has 0 amide bonds. The molecule has 3 heterocycles. The van der Waals surface area contributed by atoms with E-state index < -0.39 is 11.1 Å². The molecular weight excluding hydrogens is 272 g/mol. The predicted octanol–water partition coefficient (Wildman–Crippen LogP) is -0.397. The quantitative estimate of drug-likeness (QED) is 0.600. The molecule has 0 aromatic carbocycles. The van der Waals surface area contributed by atoms with E-state index in [-0.39, 0.29) is 12.1 Å². The van der Waals surface area contributed by atoms with Crippen LogP contribution in [0.1, 0.15) is 5.69 Å². The van der Waals surface area contributed by atoms with Gasteiger partial charge in [0.05, 0.1) is 12.2 Å². The van der Waals surface area contributed by atoms with Gasteiger partial charge in [-0.1, -0.05) is 6.07 Å². The van der Waals surface area contributed by atoms with Crippen molar-refractivity contribution in [1.29, 1.82) is 0 Å². The van der Waals surface area contributed by atoms with E-state index in [1.165, 1.54) is 39.0 Å². The number of hydrogen-bond acceptors (Lipinski definition) is 4. The van der Waals surface area contributed by atoms with Crippen molar-refractivity contribution in [3.05, 3.63) is 79.6 Å². The number of fused-ring (bicyclic) bond motifs is 1. The summed E-state index contributed by atoms with van der Waals surface area (Å²) in [6.07, 6.45) is 4.62. The average molecular weight is 284 g/mol. The molecule has 3 aromatic heterocycles. The van der Waals surface area contributed by atoms with Crippen LogP contribution in [0.15, 0.2) is 57.2 Å². The van der Waals surface area contributed by atoms with Crippen molar-refractivity contribution in [2.45, 2.75) is 6.54 Å². The van der Waals surface area contributed by atoms with E-state index >= 15 is 0 Å². The topological polar surface area (TPSA) is 78.4 Å². The van der Waals surface area contributed by atoms with Crippen LogP contribution in [-0.4, -0.2) is 18.5 Å². The summed E-state index contributed by atoms with van der Waals surface area (Å²) in [5, 5.41) is 0. The van der Waals surface area contributed by atoms with Crippen LogP contribution in [0.3, 0.4) is 0 Å². The van der Waals surface area contributed by atoms with Gasteiger partial charge in [-0.2, -0.15) is 0 Å². The Bertz CT molecular complexity index is 997. The Morgan fingerprint density at radius 3 is 2.67 bits per heavy atom. The highest BCUT2D eigenvalue weighted by atomic mass is 16.2. The zero-order valence-corrected chi connectivity index (χ0v) is 11.3. The summed E-state index contributed by atoms with van der Waals surface area (Å²) in [5.41, 5.74) is -0.559. The maximum atomic E-state index is 12.0. The molecule has 0 saturated heterocycles. The minimum atomic E-state index is -0.643. The molecule has 0 saturated carbocycles. The molecule has 0 N–H and O–H groups in total. The summed E-state index contributed by atoms with van der Waals surface area (Å²) in [7, 11) is 1.51. The first-order valence-corrected chi connectivity index (χ1v) is 6.29. The summed E-state index contributed by atoms with van der Waals surface area (Å²) in [6, 6.07) is 6.58. The van der Waals surface area contributed by atoms with Crippen LogP contribution in [0, 0.1) is 0 Å². The molecule has 0 bridgehead atoms. The van der Waals surface area contributed by atoms with E-state index in [0.717, 1.165) is 0 Å². The average Bonchev–Trinajstić information content (AvgIpc) is 2.48. The lowest BCUT2D eigenvalue weighted by molar-refractivity contribution is 0.683. The molecule has 3 aromatic rings. The lowest BCUT2D eigenvalue weighted by atomic mass is 10.3. The van der Waals surface area contributed by atoms with Gasteiger partial charge in [-0.15, -0.1) is 0 Å². The number of pyridine rings is 1. The van der Waals surface area contributed by atoms with Crippen molar-refractivity contribution in [2.24, 2.45) is 7.05 Å². The van der Waals surface area contributed by atoms with Crippen molar-refractivity contribution in [3.63, 3.8) is 0 Å². The molecule has 7 heteroatoms. The van der Waals surface area contributed by atoms with Crippen LogP contribution >= 0.6 is 0 Å². The Morgan fingerprint density at radius 1 is 1.05 bits per heavy atom. The number of hydrogen-bond donors (Lipinski definition) is 0. The molecule has 21 heavy (non-hydrogen) atoms. The third kappa shape index (κ3) is 2.29. The lowest BCUT2D eigenvalue weighted by Gasteiger charge is -2.07. The van der Waals surface area contributed by atoms with Gasteiger partial charge in [0.15, 0.2) is 0 Å². The summed E-state index contributed by atoms with van der Waals surface area (Å²) in [6.45, 7) is 0.0789. The standard InChI is InChI=1S/C14H12N4O3/c1-16-6-7-17(14(21)13(16)20)9-10-8-12(19)18-5-3-2-4-11(18)15-10/h2-8H,9H2,1H3. The molecule has 0 spiro atoms. The molecule has 0 aliphatic carbocycles. The number of aromatic nitrogens is 4. The molecule has 0 aliphatic heterocycles. The largest absolute Gasteiger partial charge is 0.316 e. The minimum Gasteiger partial charge on any atom is -0.312 e. The van der Waals surface area contributed by atoms with Crippen LogP contribution in [0.25, 0.3) is 5.65 Å². The first-order chi connectivity index (χ1) is 10.1. The van der Waals surface area contributed by atoms with Crippen LogP contribution in [0.4, 0.5) is 0 Å². The van der Waals surface area contributed by atoms with Crippen molar-refractivity contribution >= 4 is 5.65 Å². The fourth-order valence-electron chi connectivity index (χ4n) is 2.07. The zero-order valence-electron chi connectivity index (χ0n) is 11.3. The van der Waals surface area contributed by atoms with E-state index in [0.29, 0.717) is 11.3 Å². The molecule has 0 atom stereocenters. The maximum absolute atomic E-state index is 12.0. The van der Waals surface area contributed by atoms with E-state index in [1.54, 1.807) is 24.4 Å². The van der Waals surface area contributed by atoms with Gasteiger partial charge in [0.25, 0.3) is 5.56 Å². The third-order valence-corrected chi connectivity index (χ3v) is 3.19. The Hall–Kier alpha value is -2.96. The van der Waals surface area contributed by atoms with Crippen molar-refractivity contribution in [2.75, 3.05) is 0 Å². The number of nitrogens with zero attached hydrogens (tertiary/aromatic N) is 4. The third-order valence-electron chi connectivity index (χ3n) is 3.19. The van der Waals surface area contributed by atoms with E-state index in [2.05, 4.69) is 4.98 Å². The highest BCUT2D eigenvalue weighted by Crippen LogP contribution is 1.99. The Balaban J connectivity index is 2.11. The molecular formula is C14H12N4O3. The van der Waals surface area contributed by atoms with Crippen molar-refractivity contribution < 1.29 is 0 Å². The zero-order chi connectivity index (χ0) is 15.0. The van der Waals surface area contributed by atoms with Gasteiger partial charge < -0.3 is 9.13 Å². The molecule has 7 nitrogen and oxygen atoms in total. The van der Waals surface area contributed by atoms with Gasteiger partial charge in [-0.3, -0.25) is 18.8 Å². The molecule has 106 valence electrons. The van der Waals surface area contributed by atoms with Crippen LogP contribution < -0.4 is 16.7 Å². The molecule has 0 fully saturated rings. The molecule has 3 rings (SSSR count). The smallest absolute Gasteiger partial charge is 0.312 e. The summed E-state index contributed by atoms with van der Waals surface area (Å²) in [4.78, 5) is 39.7. The van der Waals surface area contributed by atoms with Crippen molar-refractivity contribution in [3.8, 4) is 0 Å². The highest BCUT2D eigenvalue weighted by Gasteiger charge is 2.06. The molecule has 0 aliphatic rings.